The standard InChI is InChI=1S/C13H15F3N2O4S/c1-18(8-12(19)17-9-6-7-9)23(20,21)11-5-3-2-4-10(11)22-13(14,15)16/h2-5,9H,6-8H2,1H3,(H,17,19). The zero-order chi connectivity index (χ0) is 17.3. The first-order valence-corrected chi connectivity index (χ1v) is 8.14. The van der Waals surface area contributed by atoms with Gasteiger partial charge in [0.25, 0.3) is 0 Å². The second-order valence-electron chi connectivity index (χ2n) is 5.10. The van der Waals surface area contributed by atoms with Crippen molar-refractivity contribution in [3.63, 3.8) is 0 Å². The number of hydrogen-bond acceptors (Lipinski definition) is 4. The second kappa shape index (κ2) is 6.36. The minimum Gasteiger partial charge on any atom is -0.404 e. The Morgan fingerprint density at radius 1 is 1.35 bits per heavy atom. The van der Waals surface area contributed by atoms with Crippen molar-refractivity contribution in [2.24, 2.45) is 0 Å². The van der Waals surface area contributed by atoms with Gasteiger partial charge in [-0.1, -0.05) is 12.1 Å². The first-order valence-electron chi connectivity index (χ1n) is 6.70. The van der Waals surface area contributed by atoms with Gasteiger partial charge in [-0.25, -0.2) is 8.42 Å². The van der Waals surface area contributed by atoms with E-state index in [9.17, 15) is 26.4 Å². The summed E-state index contributed by atoms with van der Waals surface area (Å²) in [5, 5.41) is 2.60. The summed E-state index contributed by atoms with van der Waals surface area (Å²) < 4.78 is 66.3. The van der Waals surface area contributed by atoms with Crippen molar-refractivity contribution >= 4 is 15.9 Å². The number of alkyl halides is 3. The first-order chi connectivity index (χ1) is 10.6. The van der Waals surface area contributed by atoms with Crippen molar-refractivity contribution in [3.05, 3.63) is 24.3 Å². The fourth-order valence-corrected chi connectivity index (χ4v) is 3.07. The normalized spacial score (nSPS) is 15.5. The summed E-state index contributed by atoms with van der Waals surface area (Å²) in [5.41, 5.74) is 0. The lowest BCUT2D eigenvalue weighted by atomic mass is 10.3. The topological polar surface area (TPSA) is 75.7 Å². The molecule has 1 aliphatic rings. The van der Waals surface area contributed by atoms with Crippen molar-refractivity contribution in [3.8, 4) is 5.75 Å². The quantitative estimate of drug-likeness (QED) is 0.842. The fraction of sp³-hybridized carbons (Fsp3) is 0.462. The van der Waals surface area contributed by atoms with E-state index in [-0.39, 0.29) is 6.04 Å². The monoisotopic (exact) mass is 352 g/mol. The van der Waals surface area contributed by atoms with Crippen LogP contribution in [0.5, 0.6) is 5.75 Å². The van der Waals surface area contributed by atoms with Gasteiger partial charge < -0.3 is 10.1 Å². The van der Waals surface area contributed by atoms with Gasteiger partial charge in [-0.15, -0.1) is 13.2 Å². The van der Waals surface area contributed by atoms with Crippen LogP contribution >= 0.6 is 0 Å². The third kappa shape index (κ3) is 4.83. The summed E-state index contributed by atoms with van der Waals surface area (Å²) in [5.74, 6) is -1.35. The second-order valence-corrected chi connectivity index (χ2v) is 7.11. The molecule has 23 heavy (non-hydrogen) atoms. The molecule has 1 aromatic carbocycles. The van der Waals surface area contributed by atoms with E-state index in [0.717, 1.165) is 32.0 Å². The number of halogens is 3. The van der Waals surface area contributed by atoms with Crippen LogP contribution in [0.1, 0.15) is 12.8 Å². The van der Waals surface area contributed by atoms with Gasteiger partial charge in [-0.3, -0.25) is 4.79 Å². The molecular weight excluding hydrogens is 337 g/mol. The van der Waals surface area contributed by atoms with Crippen molar-refractivity contribution in [1.29, 1.82) is 0 Å². The summed E-state index contributed by atoms with van der Waals surface area (Å²) in [6.07, 6.45) is -3.34. The molecule has 1 fully saturated rings. The number of sulfonamides is 1. The highest BCUT2D eigenvalue weighted by molar-refractivity contribution is 7.89. The molecule has 1 saturated carbocycles. The number of para-hydroxylation sites is 1. The largest absolute Gasteiger partial charge is 0.573 e. The molecule has 6 nitrogen and oxygen atoms in total. The molecule has 2 rings (SSSR count). The predicted molar refractivity (Wildman–Crippen MR) is 74.1 cm³/mol. The highest BCUT2D eigenvalue weighted by Gasteiger charge is 2.35. The molecule has 0 bridgehead atoms. The van der Waals surface area contributed by atoms with E-state index in [1.807, 2.05) is 0 Å². The number of rotatable bonds is 6. The molecule has 10 heteroatoms. The lowest BCUT2D eigenvalue weighted by Gasteiger charge is -2.19. The number of hydrogen-bond donors (Lipinski definition) is 1. The van der Waals surface area contributed by atoms with Crippen LogP contribution in [0.3, 0.4) is 0 Å². The first kappa shape index (κ1) is 17.5. The Kier molecular flexibility index (Phi) is 4.85. The van der Waals surface area contributed by atoms with Gasteiger partial charge in [0.05, 0.1) is 6.54 Å². The number of benzene rings is 1. The number of likely N-dealkylation sites (N-methyl/N-ethyl adjacent to an activating group) is 1. The summed E-state index contributed by atoms with van der Waals surface area (Å²) in [6.45, 7) is -0.487. The van der Waals surface area contributed by atoms with E-state index in [1.54, 1.807) is 0 Å². The molecule has 1 N–H and O–H groups in total. The molecule has 0 aliphatic heterocycles. The molecule has 0 aromatic heterocycles. The number of carbonyl (C=O) groups excluding carboxylic acids is 1. The Hall–Kier alpha value is -1.81. The van der Waals surface area contributed by atoms with Crippen LogP contribution in [0.2, 0.25) is 0 Å². The average Bonchev–Trinajstić information content (AvgIpc) is 3.20. The van der Waals surface area contributed by atoms with Crippen LogP contribution in [-0.2, 0) is 14.8 Å². The third-order valence-electron chi connectivity index (χ3n) is 3.07. The Labute approximate surface area is 131 Å². The van der Waals surface area contributed by atoms with Crippen LogP contribution in [-0.4, -0.2) is 44.6 Å². The van der Waals surface area contributed by atoms with Gasteiger partial charge in [0.1, 0.15) is 10.6 Å². The third-order valence-corrected chi connectivity index (χ3v) is 4.91. The zero-order valence-electron chi connectivity index (χ0n) is 12.1. The lowest BCUT2D eigenvalue weighted by Crippen LogP contribution is -2.39. The van der Waals surface area contributed by atoms with E-state index in [1.165, 1.54) is 12.1 Å². The zero-order valence-corrected chi connectivity index (χ0v) is 12.9. The molecule has 0 spiro atoms. The molecule has 1 aliphatic carbocycles. The predicted octanol–water partition coefficient (Wildman–Crippen LogP) is 1.48. The van der Waals surface area contributed by atoms with Crippen molar-refractivity contribution in [2.45, 2.75) is 30.1 Å². The van der Waals surface area contributed by atoms with Crippen LogP contribution in [0.15, 0.2) is 29.2 Å². The maximum atomic E-state index is 12.4. The lowest BCUT2D eigenvalue weighted by molar-refractivity contribution is -0.275. The van der Waals surface area contributed by atoms with Gasteiger partial charge in [-0.05, 0) is 25.0 Å². The molecule has 0 heterocycles. The highest BCUT2D eigenvalue weighted by atomic mass is 32.2. The molecule has 0 saturated heterocycles. The average molecular weight is 352 g/mol. The Morgan fingerprint density at radius 2 is 1.96 bits per heavy atom. The smallest absolute Gasteiger partial charge is 0.404 e. The molecule has 0 radical (unpaired) electrons. The number of amides is 1. The maximum absolute atomic E-state index is 12.4. The summed E-state index contributed by atoms with van der Waals surface area (Å²) in [7, 11) is -3.19. The fourth-order valence-electron chi connectivity index (χ4n) is 1.83. The van der Waals surface area contributed by atoms with Crippen LogP contribution in [0.25, 0.3) is 0 Å². The van der Waals surface area contributed by atoms with Gasteiger partial charge >= 0.3 is 6.36 Å². The van der Waals surface area contributed by atoms with Gasteiger partial charge in [0.2, 0.25) is 15.9 Å². The van der Waals surface area contributed by atoms with Crippen molar-refractivity contribution in [2.75, 3.05) is 13.6 Å². The molecule has 0 unspecified atom stereocenters. The van der Waals surface area contributed by atoms with Crippen LogP contribution in [0.4, 0.5) is 13.2 Å². The summed E-state index contributed by atoms with van der Waals surface area (Å²) in [4.78, 5) is 11.0. The number of ether oxygens (including phenoxy) is 1. The minimum absolute atomic E-state index is 0.0550. The Morgan fingerprint density at radius 3 is 2.52 bits per heavy atom. The molecule has 128 valence electrons. The Balaban J connectivity index is 2.19. The van der Waals surface area contributed by atoms with Crippen LogP contribution in [0, 0.1) is 0 Å². The van der Waals surface area contributed by atoms with E-state index < -0.39 is 39.5 Å². The van der Waals surface area contributed by atoms with E-state index in [0.29, 0.717) is 4.31 Å². The van der Waals surface area contributed by atoms with Crippen molar-refractivity contribution < 1.29 is 31.1 Å². The number of nitrogens with zero attached hydrogens (tertiary/aromatic N) is 1. The summed E-state index contributed by atoms with van der Waals surface area (Å²) >= 11 is 0. The van der Waals surface area contributed by atoms with E-state index in [2.05, 4.69) is 10.1 Å². The highest BCUT2D eigenvalue weighted by Crippen LogP contribution is 2.30. The number of carbonyl (C=O) groups is 1. The van der Waals surface area contributed by atoms with E-state index >= 15 is 0 Å². The van der Waals surface area contributed by atoms with Crippen LogP contribution < -0.4 is 10.1 Å². The van der Waals surface area contributed by atoms with Crippen molar-refractivity contribution in [1.82, 2.24) is 9.62 Å². The molecule has 0 atom stereocenters. The maximum Gasteiger partial charge on any atom is 0.573 e. The molecular formula is C13H15F3N2O4S. The molecule has 1 amide bonds. The minimum atomic E-state index is -5.02. The number of nitrogens with one attached hydrogen (secondary N) is 1. The molecule has 1 aromatic rings. The summed E-state index contributed by atoms with van der Waals surface area (Å²) in [6, 6.07) is 4.44. The van der Waals surface area contributed by atoms with Gasteiger partial charge in [-0.2, -0.15) is 4.31 Å². The van der Waals surface area contributed by atoms with Gasteiger partial charge in [0.15, 0.2) is 0 Å². The Bertz CT molecular complexity index is 687. The van der Waals surface area contributed by atoms with E-state index in [4.69, 9.17) is 0 Å². The van der Waals surface area contributed by atoms with Gasteiger partial charge in [0, 0.05) is 13.1 Å². The SMILES string of the molecule is CN(CC(=O)NC1CC1)S(=O)(=O)c1ccccc1OC(F)(F)F.